The Labute approximate surface area is 103 Å². The van der Waals surface area contributed by atoms with Crippen LogP contribution in [0.25, 0.3) is 0 Å². The number of nitrogens with zero attached hydrogens (tertiary/aromatic N) is 2. The third kappa shape index (κ3) is 2.96. The van der Waals surface area contributed by atoms with Crippen molar-refractivity contribution in [1.82, 2.24) is 4.98 Å². The number of carbonyl (C=O) groups excluding carboxylic acids is 1. The predicted octanol–water partition coefficient (Wildman–Crippen LogP) is 2.70. The first-order valence-corrected chi connectivity index (χ1v) is 4.61. The van der Waals surface area contributed by atoms with Crippen LogP contribution in [0.1, 0.15) is 33.7 Å². The number of halogens is 5. The standard InChI is InChI=1S/C10H5F5N2O2/c1-19-9(18)6-5(8(11)12)2-4(3-16)17-7(6)10(13,14)15/h2,8H,1H3. The van der Waals surface area contributed by atoms with Crippen molar-refractivity contribution in [2.75, 3.05) is 7.11 Å². The molecule has 0 saturated heterocycles. The van der Waals surface area contributed by atoms with E-state index in [-0.39, 0.29) is 0 Å². The maximum Gasteiger partial charge on any atom is 0.434 e. The Hall–Kier alpha value is -2.24. The zero-order valence-corrected chi connectivity index (χ0v) is 9.26. The summed E-state index contributed by atoms with van der Waals surface area (Å²) in [7, 11) is 0.746. The summed E-state index contributed by atoms with van der Waals surface area (Å²) in [5, 5.41) is 8.48. The number of methoxy groups -OCH3 is 1. The normalized spacial score (nSPS) is 11.3. The number of esters is 1. The monoisotopic (exact) mass is 280 g/mol. The van der Waals surface area contributed by atoms with Crippen LogP contribution in [-0.2, 0) is 10.9 Å². The van der Waals surface area contributed by atoms with Crippen LogP contribution < -0.4 is 0 Å². The Kier molecular flexibility index (Phi) is 4.04. The molecule has 1 heterocycles. The molecule has 102 valence electrons. The minimum Gasteiger partial charge on any atom is -0.465 e. The smallest absolute Gasteiger partial charge is 0.434 e. The van der Waals surface area contributed by atoms with Gasteiger partial charge in [-0.25, -0.2) is 18.6 Å². The molecule has 1 aromatic heterocycles. The van der Waals surface area contributed by atoms with Gasteiger partial charge in [-0.1, -0.05) is 0 Å². The van der Waals surface area contributed by atoms with E-state index in [0.29, 0.717) is 6.07 Å². The lowest BCUT2D eigenvalue weighted by atomic mass is 10.0. The minimum absolute atomic E-state index is 0.423. The molecule has 19 heavy (non-hydrogen) atoms. The molecule has 0 saturated carbocycles. The lowest BCUT2D eigenvalue weighted by Gasteiger charge is -2.14. The van der Waals surface area contributed by atoms with Crippen molar-refractivity contribution >= 4 is 5.97 Å². The summed E-state index contributed by atoms with van der Waals surface area (Å²) >= 11 is 0. The molecule has 0 N–H and O–H groups in total. The maximum atomic E-state index is 12.7. The van der Waals surface area contributed by atoms with E-state index in [0.717, 1.165) is 7.11 Å². The second-order valence-electron chi connectivity index (χ2n) is 3.22. The van der Waals surface area contributed by atoms with E-state index in [4.69, 9.17) is 5.26 Å². The van der Waals surface area contributed by atoms with Gasteiger partial charge in [0.05, 0.1) is 12.7 Å². The third-order valence-electron chi connectivity index (χ3n) is 2.06. The Morgan fingerprint density at radius 3 is 2.42 bits per heavy atom. The van der Waals surface area contributed by atoms with Gasteiger partial charge in [0.1, 0.15) is 11.8 Å². The molecule has 0 spiro atoms. The fourth-order valence-electron chi connectivity index (χ4n) is 1.32. The molecule has 1 aromatic rings. The average Bonchev–Trinajstić information content (AvgIpc) is 2.34. The van der Waals surface area contributed by atoms with Gasteiger partial charge in [0.25, 0.3) is 6.43 Å². The van der Waals surface area contributed by atoms with Gasteiger partial charge in [-0.15, -0.1) is 0 Å². The summed E-state index contributed by atoms with van der Waals surface area (Å²) in [5.41, 5.74) is -5.36. The van der Waals surface area contributed by atoms with Crippen molar-refractivity contribution < 1.29 is 31.5 Å². The van der Waals surface area contributed by atoms with Crippen LogP contribution in [0.5, 0.6) is 0 Å². The SMILES string of the molecule is COC(=O)c1c(C(F)F)cc(C#N)nc1C(F)(F)F. The summed E-state index contributed by atoms with van der Waals surface area (Å²) in [6, 6.07) is 1.65. The van der Waals surface area contributed by atoms with Crippen LogP contribution in [0.2, 0.25) is 0 Å². The van der Waals surface area contributed by atoms with Crippen LogP contribution in [0.3, 0.4) is 0 Å². The number of nitriles is 1. The third-order valence-corrected chi connectivity index (χ3v) is 2.06. The van der Waals surface area contributed by atoms with Crippen molar-refractivity contribution in [3.63, 3.8) is 0 Å². The molecule has 0 radical (unpaired) electrons. The van der Waals surface area contributed by atoms with Gasteiger partial charge in [-0.05, 0) is 6.07 Å². The van der Waals surface area contributed by atoms with Gasteiger partial charge in [0.2, 0.25) is 0 Å². The van der Waals surface area contributed by atoms with Crippen LogP contribution in [0.4, 0.5) is 22.0 Å². The Balaban J connectivity index is 3.73. The average molecular weight is 280 g/mol. The van der Waals surface area contributed by atoms with E-state index in [1.165, 1.54) is 6.07 Å². The number of ether oxygens (including phenoxy) is 1. The van der Waals surface area contributed by atoms with Crippen molar-refractivity contribution in [1.29, 1.82) is 5.26 Å². The van der Waals surface area contributed by atoms with Crippen molar-refractivity contribution in [3.05, 3.63) is 28.6 Å². The van der Waals surface area contributed by atoms with E-state index in [1.807, 2.05) is 0 Å². The lowest BCUT2D eigenvalue weighted by Crippen LogP contribution is -2.20. The summed E-state index contributed by atoms with van der Waals surface area (Å²) in [4.78, 5) is 14.1. The van der Waals surface area contributed by atoms with Gasteiger partial charge in [0.15, 0.2) is 5.69 Å². The highest BCUT2D eigenvalue weighted by molar-refractivity contribution is 5.92. The van der Waals surface area contributed by atoms with Gasteiger partial charge in [-0.3, -0.25) is 0 Å². The van der Waals surface area contributed by atoms with E-state index in [2.05, 4.69) is 9.72 Å². The Morgan fingerprint density at radius 2 is 2.05 bits per heavy atom. The van der Waals surface area contributed by atoms with Gasteiger partial charge in [0, 0.05) is 5.56 Å². The first kappa shape index (κ1) is 14.8. The lowest BCUT2D eigenvalue weighted by molar-refractivity contribution is -0.141. The number of hydrogen-bond acceptors (Lipinski definition) is 4. The Bertz CT molecular complexity index is 548. The largest absolute Gasteiger partial charge is 0.465 e. The zero-order valence-electron chi connectivity index (χ0n) is 9.26. The van der Waals surface area contributed by atoms with Crippen LogP contribution >= 0.6 is 0 Å². The summed E-state index contributed by atoms with van der Waals surface area (Å²) in [6.45, 7) is 0. The minimum atomic E-state index is -5.17. The molecule has 4 nitrogen and oxygen atoms in total. The zero-order chi connectivity index (χ0) is 14.8. The molecule has 0 aromatic carbocycles. The van der Waals surface area contributed by atoms with Gasteiger partial charge in [-0.2, -0.15) is 18.4 Å². The number of alkyl halides is 5. The van der Waals surface area contributed by atoms with Crippen molar-refractivity contribution in [2.45, 2.75) is 12.6 Å². The molecule has 0 atom stereocenters. The molecule has 0 unspecified atom stereocenters. The molecule has 0 bridgehead atoms. The summed E-state index contributed by atoms with van der Waals surface area (Å²) in [6.07, 6.45) is -8.55. The quantitative estimate of drug-likeness (QED) is 0.617. The highest BCUT2D eigenvalue weighted by Crippen LogP contribution is 2.35. The molecule has 0 aliphatic heterocycles. The van der Waals surface area contributed by atoms with E-state index in [1.54, 1.807) is 0 Å². The van der Waals surface area contributed by atoms with Gasteiger partial charge >= 0.3 is 12.1 Å². The van der Waals surface area contributed by atoms with Gasteiger partial charge < -0.3 is 4.74 Å². The summed E-state index contributed by atoms with van der Waals surface area (Å²) in [5.74, 6) is -1.60. The molecule has 0 fully saturated rings. The second kappa shape index (κ2) is 5.17. The molecule has 1 rings (SSSR count). The molecular formula is C10H5F5N2O2. The van der Waals surface area contributed by atoms with E-state index in [9.17, 15) is 26.7 Å². The highest BCUT2D eigenvalue weighted by Gasteiger charge is 2.41. The maximum absolute atomic E-state index is 12.7. The summed E-state index contributed by atoms with van der Waals surface area (Å²) < 4.78 is 67.5. The fraction of sp³-hybridized carbons (Fsp3) is 0.300. The van der Waals surface area contributed by atoms with E-state index >= 15 is 0 Å². The van der Waals surface area contributed by atoms with Crippen LogP contribution in [-0.4, -0.2) is 18.1 Å². The number of pyridine rings is 1. The molecule has 0 aliphatic rings. The number of hydrogen-bond donors (Lipinski definition) is 0. The second-order valence-corrected chi connectivity index (χ2v) is 3.22. The first-order chi connectivity index (χ1) is 8.72. The van der Waals surface area contributed by atoms with Crippen molar-refractivity contribution in [2.24, 2.45) is 0 Å². The Morgan fingerprint density at radius 1 is 1.47 bits per heavy atom. The number of rotatable bonds is 2. The molecule has 9 heteroatoms. The van der Waals surface area contributed by atoms with Crippen molar-refractivity contribution in [3.8, 4) is 6.07 Å². The first-order valence-electron chi connectivity index (χ1n) is 4.61. The van der Waals surface area contributed by atoms with E-state index < -0.39 is 41.1 Å². The topological polar surface area (TPSA) is 63.0 Å². The molecule has 0 aliphatic carbocycles. The van der Waals surface area contributed by atoms with Crippen LogP contribution in [0, 0.1) is 11.3 Å². The molecule has 0 amide bonds. The molecular weight excluding hydrogens is 275 g/mol. The predicted molar refractivity (Wildman–Crippen MR) is 50.3 cm³/mol. The number of carbonyl (C=O) groups is 1. The number of aromatic nitrogens is 1. The fourth-order valence-corrected chi connectivity index (χ4v) is 1.32. The van der Waals surface area contributed by atoms with Crippen LogP contribution in [0.15, 0.2) is 6.07 Å². The highest BCUT2D eigenvalue weighted by atomic mass is 19.4.